The van der Waals surface area contributed by atoms with Crippen LogP contribution in [0.5, 0.6) is 5.75 Å². The highest BCUT2D eigenvalue weighted by Crippen LogP contribution is 2.44. The summed E-state index contributed by atoms with van der Waals surface area (Å²) in [7, 11) is 3.46. The monoisotopic (exact) mass is 405 g/mol. The number of nitrogens with zero attached hydrogens (tertiary/aromatic N) is 1. The number of methoxy groups -OCH3 is 1. The van der Waals surface area contributed by atoms with Gasteiger partial charge in [0, 0.05) is 40.2 Å². The first-order chi connectivity index (χ1) is 13.9. The van der Waals surface area contributed by atoms with Gasteiger partial charge in [0.1, 0.15) is 5.75 Å². The van der Waals surface area contributed by atoms with E-state index in [9.17, 15) is 9.59 Å². The number of carbonyl (C=O) groups is 2. The number of hydrogen-bond acceptors (Lipinski definition) is 4. The molecule has 5 rings (SSSR count). The molecule has 6 nitrogen and oxygen atoms in total. The Balaban J connectivity index is 2.04. The van der Waals surface area contributed by atoms with E-state index in [1.54, 1.807) is 25.3 Å². The van der Waals surface area contributed by atoms with Crippen LogP contribution in [0.4, 0.5) is 5.69 Å². The summed E-state index contributed by atoms with van der Waals surface area (Å²) >= 11 is 6.42. The lowest BCUT2D eigenvalue weighted by molar-refractivity contribution is 0.0880. The number of carbonyl (C=O) groups excluding carboxylic acids is 2. The Morgan fingerprint density at radius 2 is 1.76 bits per heavy atom. The number of nitrogens with two attached hydrogens (primary N) is 1. The number of rotatable bonds is 2. The molecule has 2 amide bonds. The maximum Gasteiger partial charge on any atom is 0.259 e. The van der Waals surface area contributed by atoms with Gasteiger partial charge in [-0.3, -0.25) is 14.9 Å². The van der Waals surface area contributed by atoms with Crippen molar-refractivity contribution in [1.82, 2.24) is 9.88 Å². The number of halogens is 1. The highest BCUT2D eigenvalue weighted by Gasteiger charge is 2.35. The zero-order valence-corrected chi connectivity index (χ0v) is 16.4. The molecule has 0 fully saturated rings. The molecule has 0 bridgehead atoms. The van der Waals surface area contributed by atoms with Crippen molar-refractivity contribution in [3.63, 3.8) is 0 Å². The van der Waals surface area contributed by atoms with E-state index in [2.05, 4.69) is 5.32 Å². The van der Waals surface area contributed by atoms with Gasteiger partial charge in [0.15, 0.2) is 0 Å². The summed E-state index contributed by atoms with van der Waals surface area (Å²) in [5, 5.41) is 4.35. The molecular weight excluding hydrogens is 390 g/mol. The fourth-order valence-corrected chi connectivity index (χ4v) is 4.47. The van der Waals surface area contributed by atoms with Gasteiger partial charge in [-0.25, -0.2) is 0 Å². The van der Waals surface area contributed by atoms with Gasteiger partial charge in [0.25, 0.3) is 11.8 Å². The van der Waals surface area contributed by atoms with Crippen LogP contribution in [0.1, 0.15) is 20.7 Å². The van der Waals surface area contributed by atoms with Crippen LogP contribution in [-0.4, -0.2) is 23.5 Å². The Morgan fingerprint density at radius 3 is 2.48 bits per heavy atom. The molecule has 2 heterocycles. The SMILES string of the molecule is COc1cc(N)cc2c3c4c(c(-c5ccccc5Cl)cc3n(C)c12)C(=O)NC4=O. The summed E-state index contributed by atoms with van der Waals surface area (Å²) in [5.74, 6) is -0.274. The number of fused-ring (bicyclic) bond motifs is 5. The average molecular weight is 406 g/mol. The summed E-state index contributed by atoms with van der Waals surface area (Å²) in [6, 6.07) is 12.7. The van der Waals surface area contributed by atoms with Crippen molar-refractivity contribution < 1.29 is 14.3 Å². The highest BCUT2D eigenvalue weighted by molar-refractivity contribution is 6.36. The predicted molar refractivity (Wildman–Crippen MR) is 114 cm³/mol. The second kappa shape index (κ2) is 5.99. The number of aryl methyl sites for hydroxylation is 1. The van der Waals surface area contributed by atoms with Crippen LogP contribution >= 0.6 is 11.6 Å². The molecule has 7 heteroatoms. The normalized spacial score (nSPS) is 13.2. The standard InChI is InChI=1S/C22H16ClN3O3/c1-26-15-9-12(11-5-3-4-6-14(11)23)18-19(22(28)25-21(18)27)17(15)13-7-10(24)8-16(29-2)20(13)26/h3-9H,24H2,1-2H3,(H,25,27,28). The molecule has 1 aliphatic heterocycles. The fourth-order valence-electron chi connectivity index (χ4n) is 4.23. The molecule has 3 N–H and O–H groups in total. The minimum atomic E-state index is -0.435. The molecule has 0 aliphatic carbocycles. The molecule has 0 unspecified atom stereocenters. The number of anilines is 1. The van der Waals surface area contributed by atoms with Crippen LogP contribution in [-0.2, 0) is 7.05 Å². The minimum absolute atomic E-state index is 0.324. The predicted octanol–water partition coefficient (Wildman–Crippen LogP) is 4.13. The summed E-state index contributed by atoms with van der Waals surface area (Å²) in [4.78, 5) is 25.5. The molecule has 29 heavy (non-hydrogen) atoms. The van der Waals surface area contributed by atoms with Crippen LogP contribution < -0.4 is 15.8 Å². The van der Waals surface area contributed by atoms with Gasteiger partial charge in [-0.15, -0.1) is 0 Å². The summed E-state index contributed by atoms with van der Waals surface area (Å²) in [6.45, 7) is 0. The molecule has 0 spiro atoms. The molecule has 4 aromatic rings. The molecule has 0 saturated heterocycles. The Labute approximate surface area is 170 Å². The molecule has 1 aliphatic rings. The molecule has 144 valence electrons. The highest BCUT2D eigenvalue weighted by atomic mass is 35.5. The lowest BCUT2D eigenvalue weighted by Crippen LogP contribution is -2.20. The fraction of sp³-hybridized carbons (Fsp3) is 0.0909. The third-order valence-electron chi connectivity index (χ3n) is 5.44. The maximum absolute atomic E-state index is 12.8. The number of nitrogens with one attached hydrogen (secondary N) is 1. The van der Waals surface area contributed by atoms with Crippen molar-refractivity contribution in [2.45, 2.75) is 0 Å². The van der Waals surface area contributed by atoms with E-state index >= 15 is 0 Å². The Hall–Kier alpha value is -3.51. The smallest absolute Gasteiger partial charge is 0.259 e. The minimum Gasteiger partial charge on any atom is -0.494 e. The Morgan fingerprint density at radius 1 is 1.03 bits per heavy atom. The number of benzene rings is 3. The van der Waals surface area contributed by atoms with Gasteiger partial charge in [-0.2, -0.15) is 0 Å². The number of hydrogen-bond donors (Lipinski definition) is 2. The van der Waals surface area contributed by atoms with E-state index in [1.807, 2.05) is 35.9 Å². The first-order valence-corrected chi connectivity index (χ1v) is 9.33. The van der Waals surface area contributed by atoms with E-state index in [4.69, 9.17) is 22.1 Å². The molecule has 3 aromatic carbocycles. The van der Waals surface area contributed by atoms with Crippen molar-refractivity contribution in [2.75, 3.05) is 12.8 Å². The molecule has 0 saturated carbocycles. The first-order valence-electron chi connectivity index (χ1n) is 8.95. The maximum atomic E-state index is 12.8. The van der Waals surface area contributed by atoms with Gasteiger partial charge in [-0.05, 0) is 23.8 Å². The van der Waals surface area contributed by atoms with Crippen LogP contribution in [0.2, 0.25) is 5.02 Å². The molecule has 1 aromatic heterocycles. The lowest BCUT2D eigenvalue weighted by Gasteiger charge is -2.10. The zero-order valence-electron chi connectivity index (χ0n) is 15.7. The number of amides is 2. The van der Waals surface area contributed by atoms with Crippen LogP contribution in [0.25, 0.3) is 32.9 Å². The average Bonchev–Trinajstić information content (AvgIpc) is 3.15. The number of nitrogen functional groups attached to an aromatic ring is 1. The third kappa shape index (κ3) is 2.29. The van der Waals surface area contributed by atoms with Crippen molar-refractivity contribution in [3.8, 4) is 16.9 Å². The van der Waals surface area contributed by atoms with Crippen molar-refractivity contribution in [1.29, 1.82) is 0 Å². The Bertz CT molecular complexity index is 1390. The largest absolute Gasteiger partial charge is 0.494 e. The quantitative estimate of drug-likeness (QED) is 0.388. The first kappa shape index (κ1) is 17.6. The van der Waals surface area contributed by atoms with Crippen LogP contribution in [0.15, 0.2) is 42.5 Å². The van der Waals surface area contributed by atoms with E-state index in [0.717, 1.165) is 16.4 Å². The van der Waals surface area contributed by atoms with Crippen molar-refractivity contribution in [2.24, 2.45) is 7.05 Å². The topological polar surface area (TPSA) is 86.3 Å². The number of imide groups is 1. The van der Waals surface area contributed by atoms with E-state index in [0.29, 0.717) is 44.1 Å². The summed E-state index contributed by atoms with van der Waals surface area (Å²) in [5.41, 5.74) is 10.1. The van der Waals surface area contributed by atoms with Gasteiger partial charge < -0.3 is 15.0 Å². The van der Waals surface area contributed by atoms with Gasteiger partial charge >= 0.3 is 0 Å². The Kier molecular flexibility index (Phi) is 3.63. The lowest BCUT2D eigenvalue weighted by atomic mass is 9.93. The van der Waals surface area contributed by atoms with E-state index < -0.39 is 11.8 Å². The van der Waals surface area contributed by atoms with Gasteiger partial charge in [0.05, 0.1) is 29.3 Å². The second-order valence-electron chi connectivity index (χ2n) is 7.01. The van der Waals surface area contributed by atoms with E-state index in [-0.39, 0.29) is 0 Å². The molecular formula is C22H16ClN3O3. The molecule has 0 radical (unpaired) electrons. The van der Waals surface area contributed by atoms with E-state index in [1.165, 1.54) is 0 Å². The number of ether oxygens (including phenoxy) is 1. The van der Waals surface area contributed by atoms with Crippen LogP contribution in [0, 0.1) is 0 Å². The second-order valence-corrected chi connectivity index (χ2v) is 7.42. The van der Waals surface area contributed by atoms with Crippen LogP contribution in [0.3, 0.4) is 0 Å². The summed E-state index contributed by atoms with van der Waals surface area (Å²) < 4.78 is 7.47. The summed E-state index contributed by atoms with van der Waals surface area (Å²) in [6.07, 6.45) is 0. The van der Waals surface area contributed by atoms with Crippen molar-refractivity contribution >= 4 is 50.9 Å². The van der Waals surface area contributed by atoms with Crippen molar-refractivity contribution in [3.05, 3.63) is 58.6 Å². The van der Waals surface area contributed by atoms with Gasteiger partial charge in [0.2, 0.25) is 0 Å². The third-order valence-corrected chi connectivity index (χ3v) is 5.76. The molecule has 0 atom stereocenters. The number of aromatic nitrogens is 1. The zero-order chi connectivity index (χ0) is 20.4. The van der Waals surface area contributed by atoms with Gasteiger partial charge in [-0.1, -0.05) is 29.8 Å².